The van der Waals surface area contributed by atoms with E-state index in [0.29, 0.717) is 13.1 Å². The fourth-order valence-corrected chi connectivity index (χ4v) is 6.53. The Labute approximate surface area is 217 Å². The van der Waals surface area contributed by atoms with Crippen LogP contribution < -0.4 is 0 Å². The maximum absolute atomic E-state index is 13.6. The molecule has 2 unspecified atom stereocenters. The number of nitrogens with zero attached hydrogens (tertiary/aromatic N) is 5. The molecule has 1 saturated heterocycles. The first-order valence-electron chi connectivity index (χ1n) is 13.4. The van der Waals surface area contributed by atoms with E-state index in [1.54, 1.807) is 12.4 Å². The number of hydrogen-bond donors (Lipinski definition) is 1. The maximum Gasteiger partial charge on any atom is 0.254 e. The van der Waals surface area contributed by atoms with Gasteiger partial charge in [-0.25, -0.2) is 0 Å². The number of pyridine rings is 2. The lowest BCUT2D eigenvalue weighted by atomic mass is 9.76. The van der Waals surface area contributed by atoms with Gasteiger partial charge in [0.25, 0.3) is 5.91 Å². The lowest BCUT2D eigenvalue weighted by Crippen LogP contribution is -2.45. The van der Waals surface area contributed by atoms with E-state index >= 15 is 0 Å². The quantitative estimate of drug-likeness (QED) is 0.582. The molecule has 1 amide bonds. The Morgan fingerprint density at radius 1 is 1.14 bits per heavy atom. The Hall–Kier alpha value is -3.34. The van der Waals surface area contributed by atoms with Crippen LogP contribution in [0.2, 0.25) is 0 Å². The molecule has 6 rings (SSSR count). The number of likely N-dealkylation sites (tertiary alicyclic amines) is 1. The van der Waals surface area contributed by atoms with E-state index in [1.165, 1.54) is 0 Å². The minimum absolute atomic E-state index is 0.0161. The van der Waals surface area contributed by atoms with Crippen LogP contribution in [0.15, 0.2) is 42.7 Å². The van der Waals surface area contributed by atoms with Gasteiger partial charge in [-0.1, -0.05) is 18.9 Å². The molecule has 7 heteroatoms. The van der Waals surface area contributed by atoms with Crippen molar-refractivity contribution in [1.29, 1.82) is 5.26 Å². The minimum atomic E-state index is -0.554. The molecule has 3 aromatic rings. The van der Waals surface area contributed by atoms with Crippen molar-refractivity contribution in [3.05, 3.63) is 70.7 Å². The summed E-state index contributed by atoms with van der Waals surface area (Å²) >= 11 is 0. The highest BCUT2D eigenvalue weighted by Gasteiger charge is 2.40. The Morgan fingerprint density at radius 3 is 2.70 bits per heavy atom. The number of aliphatic hydroxyl groups is 1. The summed E-state index contributed by atoms with van der Waals surface area (Å²) in [7, 11) is 0. The summed E-state index contributed by atoms with van der Waals surface area (Å²) in [6.07, 6.45) is 8.27. The van der Waals surface area contributed by atoms with Crippen LogP contribution in [-0.2, 0) is 18.5 Å². The normalized spacial score (nSPS) is 23.7. The van der Waals surface area contributed by atoms with Crippen molar-refractivity contribution in [3.8, 4) is 6.07 Å². The number of fused-ring (bicyclic) bond motifs is 3. The van der Waals surface area contributed by atoms with Gasteiger partial charge in [0.1, 0.15) is 5.41 Å². The Kier molecular flexibility index (Phi) is 6.18. The average molecular weight is 496 g/mol. The van der Waals surface area contributed by atoms with E-state index in [0.717, 1.165) is 90.5 Å². The van der Waals surface area contributed by atoms with E-state index in [-0.39, 0.29) is 11.9 Å². The van der Waals surface area contributed by atoms with E-state index < -0.39 is 11.5 Å². The molecule has 2 fully saturated rings. The van der Waals surface area contributed by atoms with Crippen molar-refractivity contribution >= 4 is 16.8 Å². The number of amides is 1. The second kappa shape index (κ2) is 9.51. The van der Waals surface area contributed by atoms with Gasteiger partial charge in [0.15, 0.2) is 0 Å². The van der Waals surface area contributed by atoms with Crippen LogP contribution in [0.4, 0.5) is 0 Å². The molecule has 4 heterocycles. The molecule has 1 saturated carbocycles. The van der Waals surface area contributed by atoms with Gasteiger partial charge in [-0.15, -0.1) is 0 Å². The third-order valence-corrected chi connectivity index (χ3v) is 8.72. The molecule has 190 valence electrons. The van der Waals surface area contributed by atoms with E-state index in [4.69, 9.17) is 4.98 Å². The van der Waals surface area contributed by atoms with Gasteiger partial charge in [-0.2, -0.15) is 5.26 Å². The van der Waals surface area contributed by atoms with Crippen molar-refractivity contribution in [1.82, 2.24) is 19.8 Å². The molecular formula is C30H33N5O2. The van der Waals surface area contributed by atoms with Gasteiger partial charge in [-0.3, -0.25) is 19.7 Å². The molecule has 7 nitrogen and oxygen atoms in total. The van der Waals surface area contributed by atoms with E-state index in [1.807, 2.05) is 30.0 Å². The smallest absolute Gasteiger partial charge is 0.254 e. The van der Waals surface area contributed by atoms with Gasteiger partial charge in [0.2, 0.25) is 0 Å². The molecular weight excluding hydrogens is 462 g/mol. The number of nitriles is 1. The first-order valence-corrected chi connectivity index (χ1v) is 13.4. The van der Waals surface area contributed by atoms with Gasteiger partial charge < -0.3 is 10.0 Å². The fourth-order valence-electron chi connectivity index (χ4n) is 6.53. The Balaban J connectivity index is 1.26. The molecule has 2 atom stereocenters. The number of aliphatic hydroxyl groups excluding tert-OH is 1. The molecule has 1 N–H and O–H groups in total. The molecule has 0 radical (unpaired) electrons. The highest BCUT2D eigenvalue weighted by atomic mass is 16.3. The zero-order valence-electron chi connectivity index (χ0n) is 21.4. The lowest BCUT2D eigenvalue weighted by molar-refractivity contribution is 0.0192. The number of aryl methyl sites for hydroxylation is 1. The molecule has 2 aliphatic heterocycles. The molecule has 2 aromatic heterocycles. The number of piperidine rings is 1. The summed E-state index contributed by atoms with van der Waals surface area (Å²) in [5, 5.41) is 21.8. The highest BCUT2D eigenvalue weighted by molar-refractivity contribution is 6.04. The van der Waals surface area contributed by atoms with Crippen molar-refractivity contribution < 1.29 is 9.90 Å². The summed E-state index contributed by atoms with van der Waals surface area (Å²) < 4.78 is 0. The predicted molar refractivity (Wildman–Crippen MR) is 141 cm³/mol. The number of aromatic nitrogens is 2. The molecule has 1 aromatic carbocycles. The molecule has 0 spiro atoms. The van der Waals surface area contributed by atoms with Crippen LogP contribution in [0.3, 0.4) is 0 Å². The number of carbonyl (C=O) groups is 1. The summed E-state index contributed by atoms with van der Waals surface area (Å²) in [6, 6.07) is 12.6. The van der Waals surface area contributed by atoms with E-state index in [9.17, 15) is 15.2 Å². The Bertz CT molecular complexity index is 1390. The second-order valence-electron chi connectivity index (χ2n) is 11.0. The zero-order chi connectivity index (χ0) is 25.6. The summed E-state index contributed by atoms with van der Waals surface area (Å²) in [5.41, 5.74) is 5.14. The summed E-state index contributed by atoms with van der Waals surface area (Å²) in [6.45, 7) is 4.83. The first kappa shape index (κ1) is 24.0. The zero-order valence-corrected chi connectivity index (χ0v) is 21.4. The number of carbonyl (C=O) groups excluding carboxylic acids is 1. The standard InChI is InChI=1S/C30H33N5O2/c1-20-8-12-32-27(15-20)30(19-31)9-13-34(14-10-30)17-21-16-23-24(28-22(21)5-4-11-33-28)18-35(29(23)37)25-6-2-3-7-26(25)36/h4-5,8,11-12,15-16,25-26,36H,2-3,6-7,9-10,13-14,17-18H2,1H3. The molecule has 3 aliphatic rings. The SMILES string of the molecule is Cc1ccnc(C2(C#N)CCN(Cc3cc4c(c5ncccc35)CN(C3CCCCC3O)C4=O)CC2)c1. The van der Waals surface area contributed by atoms with Crippen molar-refractivity contribution in [2.75, 3.05) is 13.1 Å². The third-order valence-electron chi connectivity index (χ3n) is 8.72. The van der Waals surface area contributed by atoms with Crippen molar-refractivity contribution in [3.63, 3.8) is 0 Å². The fraction of sp³-hybridized carbons (Fsp3) is 0.467. The van der Waals surface area contributed by atoms with Crippen LogP contribution >= 0.6 is 0 Å². The largest absolute Gasteiger partial charge is 0.391 e. The van der Waals surface area contributed by atoms with Gasteiger partial charge >= 0.3 is 0 Å². The average Bonchev–Trinajstić information content (AvgIpc) is 3.25. The van der Waals surface area contributed by atoms with Gasteiger partial charge in [-0.05, 0) is 68.0 Å². The van der Waals surface area contributed by atoms with Gasteiger partial charge in [0, 0.05) is 55.1 Å². The number of benzene rings is 1. The second-order valence-corrected chi connectivity index (χ2v) is 11.0. The Morgan fingerprint density at radius 2 is 1.95 bits per heavy atom. The minimum Gasteiger partial charge on any atom is -0.391 e. The topological polar surface area (TPSA) is 93.3 Å². The van der Waals surface area contributed by atoms with Crippen molar-refractivity contribution in [2.45, 2.75) is 76.1 Å². The van der Waals surface area contributed by atoms with Gasteiger partial charge in [0.05, 0.1) is 29.4 Å². The van der Waals surface area contributed by atoms with Crippen LogP contribution in [0, 0.1) is 18.3 Å². The van der Waals surface area contributed by atoms with Crippen LogP contribution in [0.5, 0.6) is 0 Å². The van der Waals surface area contributed by atoms with Crippen LogP contribution in [0.1, 0.15) is 71.3 Å². The molecule has 37 heavy (non-hydrogen) atoms. The first-order chi connectivity index (χ1) is 18.0. The van der Waals surface area contributed by atoms with E-state index in [2.05, 4.69) is 28.1 Å². The van der Waals surface area contributed by atoms with Crippen molar-refractivity contribution in [2.24, 2.45) is 0 Å². The maximum atomic E-state index is 13.6. The molecule has 1 aliphatic carbocycles. The monoisotopic (exact) mass is 495 g/mol. The molecule has 0 bridgehead atoms. The summed E-state index contributed by atoms with van der Waals surface area (Å²) in [5.74, 6) is 0.0161. The third kappa shape index (κ3) is 4.18. The number of rotatable bonds is 4. The predicted octanol–water partition coefficient (Wildman–Crippen LogP) is 4.25. The number of hydrogen-bond acceptors (Lipinski definition) is 6. The van der Waals surface area contributed by atoms with Crippen LogP contribution in [-0.4, -0.2) is 56.0 Å². The van der Waals surface area contributed by atoms with Crippen LogP contribution in [0.25, 0.3) is 10.9 Å². The highest BCUT2D eigenvalue weighted by Crippen LogP contribution is 2.38. The summed E-state index contributed by atoms with van der Waals surface area (Å²) in [4.78, 5) is 27.1. The lowest BCUT2D eigenvalue weighted by Gasteiger charge is -2.37.